The molecular weight excluding hydrogens is 226 g/mol. The number of aliphatic hydroxyl groups excluding tert-OH is 1. The highest BCUT2D eigenvalue weighted by Gasteiger charge is 2.15. The molecule has 0 saturated carbocycles. The minimum Gasteiger partial charge on any atom is -0.396 e. The predicted molar refractivity (Wildman–Crippen MR) is 77.2 cm³/mol. The van der Waals surface area contributed by atoms with Crippen molar-refractivity contribution >= 4 is 11.5 Å². The molecule has 2 N–H and O–H groups in total. The lowest BCUT2D eigenvalue weighted by molar-refractivity contribution is 0.171. The fourth-order valence-electron chi connectivity index (χ4n) is 1.62. The van der Waals surface area contributed by atoms with Crippen LogP contribution in [0.25, 0.3) is 0 Å². The topological polar surface area (TPSA) is 48.4 Å². The molecule has 0 amide bonds. The number of hydrogen-bond donors (Lipinski definition) is 2. The van der Waals surface area contributed by atoms with Gasteiger partial charge >= 0.3 is 0 Å². The molecule has 1 aromatic rings. The molecule has 0 fully saturated rings. The zero-order chi connectivity index (χ0) is 13.6. The second kappa shape index (κ2) is 6.59. The monoisotopic (exact) mass is 251 g/mol. The third-order valence-electron chi connectivity index (χ3n) is 3.03. The fourth-order valence-corrected chi connectivity index (χ4v) is 1.62. The Kier molecular flexibility index (Phi) is 5.41. The van der Waals surface area contributed by atoms with Gasteiger partial charge in [0.05, 0.1) is 11.9 Å². The average molecular weight is 251 g/mol. The van der Waals surface area contributed by atoms with Gasteiger partial charge in [-0.1, -0.05) is 13.8 Å². The Bertz CT molecular complexity index is 345. The lowest BCUT2D eigenvalue weighted by atomic mass is 9.95. The molecule has 1 heterocycles. The van der Waals surface area contributed by atoms with Crippen molar-refractivity contribution < 1.29 is 5.11 Å². The van der Waals surface area contributed by atoms with E-state index in [4.69, 9.17) is 0 Å². The van der Waals surface area contributed by atoms with Crippen LogP contribution >= 0.6 is 0 Å². The second-order valence-corrected chi connectivity index (χ2v) is 5.25. The van der Waals surface area contributed by atoms with Crippen LogP contribution in [0.1, 0.15) is 27.7 Å². The minimum absolute atomic E-state index is 0.114. The number of nitrogens with zero attached hydrogens (tertiary/aromatic N) is 2. The van der Waals surface area contributed by atoms with Crippen LogP contribution in [0.2, 0.25) is 0 Å². The van der Waals surface area contributed by atoms with Crippen LogP contribution in [0.5, 0.6) is 0 Å². The Morgan fingerprint density at radius 3 is 2.39 bits per heavy atom. The van der Waals surface area contributed by atoms with Crippen LogP contribution in [0.4, 0.5) is 11.5 Å². The lowest BCUT2D eigenvalue weighted by Crippen LogP contribution is -2.27. The molecule has 4 heteroatoms. The molecule has 0 aliphatic heterocycles. The maximum Gasteiger partial charge on any atom is 0.128 e. The number of hydrogen-bond acceptors (Lipinski definition) is 4. The molecule has 0 aromatic carbocycles. The first-order chi connectivity index (χ1) is 8.52. The molecule has 1 aromatic heterocycles. The van der Waals surface area contributed by atoms with Gasteiger partial charge in [-0.25, -0.2) is 4.98 Å². The minimum atomic E-state index is -0.114. The van der Waals surface area contributed by atoms with Crippen molar-refractivity contribution in [2.24, 2.45) is 5.41 Å². The number of nitrogens with one attached hydrogen (secondary N) is 1. The zero-order valence-corrected chi connectivity index (χ0v) is 11.9. The van der Waals surface area contributed by atoms with Crippen molar-refractivity contribution in [2.45, 2.75) is 27.7 Å². The molecule has 0 radical (unpaired) electrons. The van der Waals surface area contributed by atoms with E-state index < -0.39 is 0 Å². The first-order valence-electron chi connectivity index (χ1n) is 6.58. The van der Waals surface area contributed by atoms with E-state index in [1.807, 2.05) is 32.2 Å². The summed E-state index contributed by atoms with van der Waals surface area (Å²) in [6.45, 7) is 11.1. The smallest absolute Gasteiger partial charge is 0.128 e. The Labute approximate surface area is 110 Å². The van der Waals surface area contributed by atoms with Gasteiger partial charge in [0, 0.05) is 31.7 Å². The molecule has 4 nitrogen and oxygen atoms in total. The molecule has 1 rings (SSSR count). The highest BCUT2D eigenvalue weighted by molar-refractivity contribution is 5.48. The normalized spacial score (nSPS) is 11.4. The summed E-state index contributed by atoms with van der Waals surface area (Å²) in [6, 6.07) is 4.06. The van der Waals surface area contributed by atoms with Crippen LogP contribution < -0.4 is 10.2 Å². The third kappa shape index (κ3) is 4.18. The summed E-state index contributed by atoms with van der Waals surface area (Å²) < 4.78 is 0. The molecule has 0 aliphatic carbocycles. The van der Waals surface area contributed by atoms with Gasteiger partial charge in [0.15, 0.2) is 0 Å². The molecule has 0 atom stereocenters. The second-order valence-electron chi connectivity index (χ2n) is 5.25. The SMILES string of the molecule is CCN(CC)c1ccc(NCC(C)(C)CO)cn1. The van der Waals surface area contributed by atoms with Gasteiger partial charge in [0.1, 0.15) is 5.82 Å². The van der Waals surface area contributed by atoms with Crippen LogP contribution in [0.15, 0.2) is 18.3 Å². The van der Waals surface area contributed by atoms with Gasteiger partial charge in [-0.2, -0.15) is 0 Å². The molecule has 0 bridgehead atoms. The van der Waals surface area contributed by atoms with Gasteiger partial charge in [-0.15, -0.1) is 0 Å². The van der Waals surface area contributed by atoms with E-state index in [1.54, 1.807) is 0 Å². The van der Waals surface area contributed by atoms with Crippen LogP contribution in [-0.2, 0) is 0 Å². The van der Waals surface area contributed by atoms with Gasteiger partial charge in [-0.05, 0) is 26.0 Å². The van der Waals surface area contributed by atoms with E-state index in [2.05, 4.69) is 29.0 Å². The van der Waals surface area contributed by atoms with Crippen LogP contribution in [-0.4, -0.2) is 36.3 Å². The molecule has 0 unspecified atom stereocenters. The van der Waals surface area contributed by atoms with Crippen LogP contribution in [0, 0.1) is 5.41 Å². The molecule has 0 spiro atoms. The lowest BCUT2D eigenvalue weighted by Gasteiger charge is -2.23. The Morgan fingerprint density at radius 1 is 1.28 bits per heavy atom. The number of anilines is 2. The summed E-state index contributed by atoms with van der Waals surface area (Å²) in [5.41, 5.74) is 0.879. The highest BCUT2D eigenvalue weighted by atomic mass is 16.3. The summed E-state index contributed by atoms with van der Waals surface area (Å²) in [4.78, 5) is 6.66. The molecule has 0 saturated heterocycles. The van der Waals surface area contributed by atoms with Crippen molar-refractivity contribution in [1.82, 2.24) is 4.98 Å². The molecule has 102 valence electrons. The van der Waals surface area contributed by atoms with Gasteiger partial charge in [-0.3, -0.25) is 0 Å². The van der Waals surface area contributed by atoms with Crippen molar-refractivity contribution in [3.05, 3.63) is 18.3 Å². The van der Waals surface area contributed by atoms with Gasteiger partial charge < -0.3 is 15.3 Å². The zero-order valence-electron chi connectivity index (χ0n) is 11.9. The third-order valence-corrected chi connectivity index (χ3v) is 3.03. The van der Waals surface area contributed by atoms with Gasteiger partial charge in [0.2, 0.25) is 0 Å². The summed E-state index contributed by atoms with van der Waals surface area (Å²) in [7, 11) is 0. The van der Waals surface area contributed by atoms with Crippen molar-refractivity contribution in [3.8, 4) is 0 Å². The van der Waals surface area contributed by atoms with Gasteiger partial charge in [0.25, 0.3) is 0 Å². The van der Waals surface area contributed by atoms with Crippen molar-refractivity contribution in [3.63, 3.8) is 0 Å². The predicted octanol–water partition coefficient (Wildman–Crippen LogP) is 2.36. The average Bonchev–Trinajstić information content (AvgIpc) is 2.39. The van der Waals surface area contributed by atoms with Crippen molar-refractivity contribution in [2.75, 3.05) is 36.5 Å². The van der Waals surface area contributed by atoms with Crippen molar-refractivity contribution in [1.29, 1.82) is 0 Å². The number of pyridine rings is 1. The maximum absolute atomic E-state index is 9.19. The fraction of sp³-hybridized carbons (Fsp3) is 0.643. The standard InChI is InChI=1S/C14H25N3O/c1-5-17(6-2)13-8-7-12(9-15-13)16-10-14(3,4)11-18/h7-9,16,18H,5-6,10-11H2,1-4H3. The van der Waals surface area contributed by atoms with E-state index in [0.717, 1.165) is 31.1 Å². The van der Waals surface area contributed by atoms with Crippen LogP contribution in [0.3, 0.4) is 0 Å². The number of rotatable bonds is 7. The summed E-state index contributed by atoms with van der Waals surface area (Å²) in [5.74, 6) is 1.01. The van der Waals surface area contributed by atoms with E-state index in [1.165, 1.54) is 0 Å². The quantitative estimate of drug-likeness (QED) is 0.781. The number of aromatic nitrogens is 1. The molecule has 0 aliphatic rings. The largest absolute Gasteiger partial charge is 0.396 e. The number of aliphatic hydroxyl groups is 1. The highest BCUT2D eigenvalue weighted by Crippen LogP contribution is 2.17. The van der Waals surface area contributed by atoms with E-state index >= 15 is 0 Å². The van der Waals surface area contributed by atoms with E-state index in [-0.39, 0.29) is 12.0 Å². The summed E-state index contributed by atoms with van der Waals surface area (Å²) in [6.07, 6.45) is 1.85. The first kappa shape index (κ1) is 14.8. The Morgan fingerprint density at radius 2 is 1.94 bits per heavy atom. The summed E-state index contributed by atoms with van der Waals surface area (Å²) >= 11 is 0. The summed E-state index contributed by atoms with van der Waals surface area (Å²) in [5, 5.41) is 12.5. The Balaban J connectivity index is 2.60. The maximum atomic E-state index is 9.19. The Hall–Kier alpha value is -1.29. The van der Waals surface area contributed by atoms with E-state index in [9.17, 15) is 5.11 Å². The molecular formula is C14H25N3O. The van der Waals surface area contributed by atoms with E-state index in [0.29, 0.717) is 0 Å². The first-order valence-corrected chi connectivity index (χ1v) is 6.58. The molecule has 18 heavy (non-hydrogen) atoms.